The van der Waals surface area contributed by atoms with Crippen molar-refractivity contribution in [2.45, 2.75) is 32.4 Å². The van der Waals surface area contributed by atoms with E-state index in [1.807, 2.05) is 32.8 Å². The van der Waals surface area contributed by atoms with Gasteiger partial charge in [-0.1, -0.05) is 0 Å². The van der Waals surface area contributed by atoms with Gasteiger partial charge >= 0.3 is 12.0 Å². The van der Waals surface area contributed by atoms with Gasteiger partial charge in [0.2, 0.25) is 0 Å². The Hall–Kier alpha value is -1.30. The quantitative estimate of drug-likeness (QED) is 0.737. The number of nitrogens with zero attached hydrogens (tertiary/aromatic N) is 2. The zero-order valence-electron chi connectivity index (χ0n) is 11.4. The van der Waals surface area contributed by atoms with E-state index in [4.69, 9.17) is 5.11 Å². The van der Waals surface area contributed by atoms with Crippen molar-refractivity contribution >= 4 is 12.0 Å². The summed E-state index contributed by atoms with van der Waals surface area (Å²) in [7, 11) is 5.32. The fourth-order valence-electron chi connectivity index (χ4n) is 0.916. The van der Waals surface area contributed by atoms with Gasteiger partial charge in [-0.05, 0) is 34.9 Å². The lowest BCUT2D eigenvalue weighted by Gasteiger charge is -2.33. The highest BCUT2D eigenvalue weighted by Crippen LogP contribution is 2.08. The summed E-state index contributed by atoms with van der Waals surface area (Å²) in [5.41, 5.74) is -0.178. The van der Waals surface area contributed by atoms with Crippen LogP contribution in [0.5, 0.6) is 0 Å². The van der Waals surface area contributed by atoms with Gasteiger partial charge in [0, 0.05) is 19.1 Å². The summed E-state index contributed by atoms with van der Waals surface area (Å²) in [4.78, 5) is 25.6. The number of carbonyl (C=O) groups excluding carboxylic acids is 1. The second-order valence-corrected chi connectivity index (χ2v) is 4.99. The number of carbonyl (C=O) groups is 2. The minimum absolute atomic E-state index is 0.178. The van der Waals surface area contributed by atoms with Crippen LogP contribution in [0, 0.1) is 0 Å². The second-order valence-electron chi connectivity index (χ2n) is 4.99. The number of nitrogens with one attached hydrogen (secondary N) is 1. The number of aliphatic carboxylic acids is 1. The van der Waals surface area contributed by atoms with E-state index in [0.29, 0.717) is 6.54 Å². The minimum atomic E-state index is -1.02. The molecule has 0 bridgehead atoms. The maximum absolute atomic E-state index is 11.7. The number of rotatable bonds is 5. The molecule has 0 aliphatic carbocycles. The van der Waals surface area contributed by atoms with Crippen molar-refractivity contribution in [1.82, 2.24) is 15.1 Å². The zero-order chi connectivity index (χ0) is 13.8. The van der Waals surface area contributed by atoms with Gasteiger partial charge in [-0.3, -0.25) is 0 Å². The summed E-state index contributed by atoms with van der Waals surface area (Å²) in [5, 5.41) is 11.5. The minimum Gasteiger partial charge on any atom is -0.480 e. The molecular weight excluding hydrogens is 222 g/mol. The summed E-state index contributed by atoms with van der Waals surface area (Å²) in [6, 6.07) is -1.22. The fourth-order valence-corrected chi connectivity index (χ4v) is 0.916. The standard InChI is InChI=1S/C11H23N3O3/c1-8(9(15)16)14(6)10(17)12-7-11(2,3)13(4)5/h8H,7H2,1-6H3,(H,12,17)(H,15,16). The van der Waals surface area contributed by atoms with Crippen LogP contribution in [0.2, 0.25) is 0 Å². The molecule has 6 nitrogen and oxygen atoms in total. The summed E-state index contributed by atoms with van der Waals surface area (Å²) in [6.45, 7) is 5.91. The predicted octanol–water partition coefficient (Wildman–Crippen LogP) is 0.441. The van der Waals surface area contributed by atoms with Gasteiger partial charge < -0.3 is 20.2 Å². The number of hydrogen-bond donors (Lipinski definition) is 2. The van der Waals surface area contributed by atoms with Gasteiger partial charge in [0.15, 0.2) is 0 Å². The first-order valence-corrected chi connectivity index (χ1v) is 5.50. The normalized spacial score (nSPS) is 13.4. The first-order chi connectivity index (χ1) is 7.59. The van der Waals surface area contributed by atoms with Crippen LogP contribution in [0.3, 0.4) is 0 Å². The summed E-state index contributed by atoms with van der Waals surface area (Å²) < 4.78 is 0. The average Bonchev–Trinajstić information content (AvgIpc) is 2.23. The lowest BCUT2D eigenvalue weighted by molar-refractivity contribution is -0.141. The molecule has 0 saturated carbocycles. The van der Waals surface area contributed by atoms with E-state index in [1.54, 1.807) is 0 Å². The Morgan fingerprint density at radius 3 is 2.12 bits per heavy atom. The lowest BCUT2D eigenvalue weighted by atomic mass is 10.0. The fraction of sp³-hybridized carbons (Fsp3) is 0.818. The molecule has 1 atom stereocenters. The van der Waals surface area contributed by atoms with Crippen LogP contribution in [-0.4, -0.2) is 66.2 Å². The smallest absolute Gasteiger partial charge is 0.326 e. The SMILES string of the molecule is CC(C(=O)O)N(C)C(=O)NCC(C)(C)N(C)C. The third-order valence-corrected chi connectivity index (χ3v) is 3.14. The first-order valence-electron chi connectivity index (χ1n) is 5.50. The number of carboxylic acid groups (broad SMARTS) is 1. The Labute approximate surface area is 103 Å². The van der Waals surface area contributed by atoms with E-state index in [0.717, 1.165) is 0 Å². The van der Waals surface area contributed by atoms with Gasteiger partial charge in [-0.2, -0.15) is 0 Å². The van der Waals surface area contributed by atoms with Crippen molar-refractivity contribution < 1.29 is 14.7 Å². The van der Waals surface area contributed by atoms with Crippen LogP contribution in [0.1, 0.15) is 20.8 Å². The predicted molar refractivity (Wildman–Crippen MR) is 66.0 cm³/mol. The molecule has 2 amide bonds. The van der Waals surface area contributed by atoms with Crippen molar-refractivity contribution in [3.8, 4) is 0 Å². The van der Waals surface area contributed by atoms with Crippen LogP contribution in [0.15, 0.2) is 0 Å². The Morgan fingerprint density at radius 1 is 1.29 bits per heavy atom. The molecular formula is C11H23N3O3. The number of carboxylic acids is 1. The molecule has 0 rings (SSSR count). The highest BCUT2D eigenvalue weighted by Gasteiger charge is 2.25. The molecule has 0 saturated heterocycles. The topological polar surface area (TPSA) is 72.9 Å². The second kappa shape index (κ2) is 5.86. The zero-order valence-corrected chi connectivity index (χ0v) is 11.4. The van der Waals surface area contributed by atoms with Crippen molar-refractivity contribution in [3.05, 3.63) is 0 Å². The van der Waals surface area contributed by atoms with Crippen molar-refractivity contribution in [1.29, 1.82) is 0 Å². The van der Waals surface area contributed by atoms with Gasteiger partial charge in [0.25, 0.3) is 0 Å². The third-order valence-electron chi connectivity index (χ3n) is 3.14. The van der Waals surface area contributed by atoms with E-state index >= 15 is 0 Å². The first kappa shape index (κ1) is 15.7. The summed E-state index contributed by atoms with van der Waals surface area (Å²) in [5.74, 6) is -1.02. The summed E-state index contributed by atoms with van der Waals surface area (Å²) >= 11 is 0. The molecule has 1 unspecified atom stereocenters. The Morgan fingerprint density at radius 2 is 1.76 bits per heavy atom. The molecule has 0 radical (unpaired) electrons. The van der Waals surface area contributed by atoms with Crippen LogP contribution in [0.4, 0.5) is 4.79 Å². The molecule has 17 heavy (non-hydrogen) atoms. The van der Waals surface area contributed by atoms with E-state index in [1.165, 1.54) is 18.9 Å². The number of hydrogen-bond acceptors (Lipinski definition) is 3. The molecule has 0 fully saturated rings. The lowest BCUT2D eigenvalue weighted by Crippen LogP contribution is -2.52. The maximum atomic E-state index is 11.7. The van der Waals surface area contributed by atoms with E-state index in [-0.39, 0.29) is 11.6 Å². The molecule has 100 valence electrons. The van der Waals surface area contributed by atoms with E-state index < -0.39 is 12.0 Å². The number of amides is 2. The number of urea groups is 1. The van der Waals surface area contributed by atoms with Crippen LogP contribution < -0.4 is 5.32 Å². The van der Waals surface area contributed by atoms with Gasteiger partial charge in [-0.15, -0.1) is 0 Å². The molecule has 0 aliphatic rings. The van der Waals surface area contributed by atoms with Crippen LogP contribution in [0.25, 0.3) is 0 Å². The molecule has 2 N–H and O–H groups in total. The van der Waals surface area contributed by atoms with Gasteiger partial charge in [0.05, 0.1) is 0 Å². The molecule has 0 aliphatic heterocycles. The van der Waals surface area contributed by atoms with E-state index in [9.17, 15) is 9.59 Å². The third kappa shape index (κ3) is 4.60. The molecule has 6 heteroatoms. The van der Waals surface area contributed by atoms with E-state index in [2.05, 4.69) is 5.32 Å². The largest absolute Gasteiger partial charge is 0.480 e. The maximum Gasteiger partial charge on any atom is 0.326 e. The molecule has 0 aromatic carbocycles. The van der Waals surface area contributed by atoms with Crippen LogP contribution >= 0.6 is 0 Å². The Balaban J connectivity index is 4.33. The van der Waals surface area contributed by atoms with Gasteiger partial charge in [-0.25, -0.2) is 9.59 Å². The monoisotopic (exact) mass is 245 g/mol. The molecule has 0 heterocycles. The Kier molecular flexibility index (Phi) is 5.41. The van der Waals surface area contributed by atoms with Crippen LogP contribution in [-0.2, 0) is 4.79 Å². The van der Waals surface area contributed by atoms with Crippen molar-refractivity contribution in [2.75, 3.05) is 27.7 Å². The summed E-state index contributed by atoms with van der Waals surface area (Å²) in [6.07, 6.45) is 0. The molecule has 0 spiro atoms. The molecule has 0 aromatic rings. The highest BCUT2D eigenvalue weighted by atomic mass is 16.4. The van der Waals surface area contributed by atoms with Crippen molar-refractivity contribution in [2.24, 2.45) is 0 Å². The average molecular weight is 245 g/mol. The Bertz CT molecular complexity index is 290. The van der Waals surface area contributed by atoms with Gasteiger partial charge in [0.1, 0.15) is 6.04 Å². The highest BCUT2D eigenvalue weighted by molar-refractivity contribution is 5.82. The number of likely N-dealkylation sites (N-methyl/N-ethyl adjacent to an activating group) is 2. The molecule has 0 aromatic heterocycles. The van der Waals surface area contributed by atoms with Crippen molar-refractivity contribution in [3.63, 3.8) is 0 Å².